The third-order valence-electron chi connectivity index (χ3n) is 3.27. The fourth-order valence-corrected chi connectivity index (χ4v) is 2.32. The largest absolute Gasteiger partial charge is 0.481 e. The molecule has 0 saturated carbocycles. The second-order valence-electron chi connectivity index (χ2n) is 4.68. The maximum absolute atomic E-state index is 11.5. The van der Waals surface area contributed by atoms with Crippen LogP contribution < -0.4 is 0 Å². The third-order valence-corrected chi connectivity index (χ3v) is 3.27. The van der Waals surface area contributed by atoms with Gasteiger partial charge in [0.1, 0.15) is 0 Å². The van der Waals surface area contributed by atoms with E-state index in [1.54, 1.807) is 12.4 Å². The van der Waals surface area contributed by atoms with Gasteiger partial charge in [0.25, 0.3) is 0 Å². The summed E-state index contributed by atoms with van der Waals surface area (Å²) in [5.41, 5.74) is 0.963. The number of pyridine rings is 1. The normalized spacial score (nSPS) is 13.8. The first kappa shape index (κ1) is 14.1. The molecule has 106 valence electrons. The van der Waals surface area contributed by atoms with Gasteiger partial charge in [-0.15, -0.1) is 10.2 Å². The van der Waals surface area contributed by atoms with E-state index in [-0.39, 0.29) is 5.92 Å². The Morgan fingerprint density at radius 1 is 1.50 bits per heavy atom. The van der Waals surface area contributed by atoms with Crippen LogP contribution >= 0.6 is 0 Å². The Kier molecular flexibility index (Phi) is 4.75. The predicted octanol–water partition coefficient (Wildman–Crippen LogP) is 1.42. The lowest BCUT2D eigenvalue weighted by molar-refractivity contribution is -0.142. The van der Waals surface area contributed by atoms with Gasteiger partial charge in [0.15, 0.2) is 5.82 Å². The molecule has 0 radical (unpaired) electrons. The van der Waals surface area contributed by atoms with E-state index < -0.39 is 11.9 Å². The van der Waals surface area contributed by atoms with Crippen molar-refractivity contribution in [1.29, 1.82) is 0 Å². The summed E-state index contributed by atoms with van der Waals surface area (Å²) >= 11 is 0. The topological polar surface area (TPSA) is 105 Å². The number of carbonyl (C=O) groups is 1. The van der Waals surface area contributed by atoms with Gasteiger partial charge < -0.3 is 5.11 Å². The van der Waals surface area contributed by atoms with E-state index in [0.717, 1.165) is 12.0 Å². The lowest BCUT2D eigenvalue weighted by Crippen LogP contribution is -2.25. The molecule has 0 aliphatic carbocycles. The number of carboxylic acid groups (broad SMARTS) is 1. The zero-order chi connectivity index (χ0) is 14.4. The van der Waals surface area contributed by atoms with E-state index in [4.69, 9.17) is 0 Å². The van der Waals surface area contributed by atoms with Crippen LogP contribution in [0.4, 0.5) is 0 Å². The molecule has 2 aromatic heterocycles. The van der Waals surface area contributed by atoms with Gasteiger partial charge >= 0.3 is 5.97 Å². The smallest absolute Gasteiger partial charge is 0.307 e. The number of aliphatic carboxylic acids is 1. The number of carboxylic acids is 1. The predicted molar refractivity (Wildman–Crippen MR) is 70.9 cm³/mol. The number of aromatic amines is 1. The molecule has 2 N–H and O–H groups in total. The fourth-order valence-electron chi connectivity index (χ4n) is 2.32. The molecule has 2 aromatic rings. The first-order valence-electron chi connectivity index (χ1n) is 6.57. The van der Waals surface area contributed by atoms with Crippen LogP contribution in [0.5, 0.6) is 0 Å². The highest BCUT2D eigenvalue weighted by molar-refractivity contribution is 5.71. The number of hydrogen-bond acceptors (Lipinski definition) is 5. The number of nitrogens with zero attached hydrogens (tertiary/aromatic N) is 4. The number of nitrogens with one attached hydrogen (secondary N) is 1. The minimum atomic E-state index is -0.828. The van der Waals surface area contributed by atoms with Crippen LogP contribution in [-0.2, 0) is 11.2 Å². The standard InChI is InChI=1S/C13H17N5O2/c1-2-4-10(13(19)20)11(12-15-17-18-16-12)7-9-5-3-6-14-8-9/h3,5-6,8,10-11H,2,4,7H2,1H3,(H,19,20)(H,15,16,17,18)/t10-,11-/m0/s1. The fraction of sp³-hybridized carbons (Fsp3) is 0.462. The number of rotatable bonds is 7. The van der Waals surface area contributed by atoms with Crippen LogP contribution in [0, 0.1) is 5.92 Å². The molecule has 2 atom stereocenters. The van der Waals surface area contributed by atoms with Crippen molar-refractivity contribution >= 4 is 5.97 Å². The Bertz CT molecular complexity index is 529. The van der Waals surface area contributed by atoms with Crippen molar-refractivity contribution in [2.75, 3.05) is 0 Å². The molecule has 2 rings (SSSR count). The molecule has 0 fully saturated rings. The monoisotopic (exact) mass is 275 g/mol. The van der Waals surface area contributed by atoms with E-state index in [0.29, 0.717) is 18.7 Å². The van der Waals surface area contributed by atoms with Crippen molar-refractivity contribution < 1.29 is 9.90 Å². The Hall–Kier alpha value is -2.31. The first-order chi connectivity index (χ1) is 9.72. The number of aromatic nitrogens is 5. The molecule has 7 heteroatoms. The quantitative estimate of drug-likeness (QED) is 0.791. The SMILES string of the molecule is CCC[C@H](C(=O)O)[C@H](Cc1cccnc1)c1nn[nH]n1. The molecular formula is C13H17N5O2. The maximum Gasteiger partial charge on any atom is 0.307 e. The maximum atomic E-state index is 11.5. The summed E-state index contributed by atoms with van der Waals surface area (Å²) in [6, 6.07) is 3.75. The van der Waals surface area contributed by atoms with Crippen molar-refractivity contribution in [3.05, 3.63) is 35.9 Å². The lowest BCUT2D eigenvalue weighted by Gasteiger charge is -2.20. The second kappa shape index (κ2) is 6.74. The molecule has 2 heterocycles. The van der Waals surface area contributed by atoms with Gasteiger partial charge in [-0.25, -0.2) is 0 Å². The second-order valence-corrected chi connectivity index (χ2v) is 4.68. The Balaban J connectivity index is 2.27. The molecule has 0 spiro atoms. The van der Waals surface area contributed by atoms with Crippen molar-refractivity contribution in [2.24, 2.45) is 5.92 Å². The average Bonchev–Trinajstić information content (AvgIpc) is 2.97. The summed E-state index contributed by atoms with van der Waals surface area (Å²) in [5, 5.41) is 23.3. The zero-order valence-electron chi connectivity index (χ0n) is 11.2. The molecule has 0 saturated heterocycles. The van der Waals surface area contributed by atoms with E-state index >= 15 is 0 Å². The van der Waals surface area contributed by atoms with Crippen LogP contribution in [0.25, 0.3) is 0 Å². The van der Waals surface area contributed by atoms with Gasteiger partial charge in [0.2, 0.25) is 0 Å². The molecule has 7 nitrogen and oxygen atoms in total. The highest BCUT2D eigenvalue weighted by Gasteiger charge is 2.31. The highest BCUT2D eigenvalue weighted by atomic mass is 16.4. The number of tetrazole rings is 1. The third kappa shape index (κ3) is 3.37. The molecule has 0 aliphatic rings. The van der Waals surface area contributed by atoms with Gasteiger partial charge in [-0.3, -0.25) is 9.78 Å². The lowest BCUT2D eigenvalue weighted by atomic mass is 9.83. The van der Waals surface area contributed by atoms with Crippen molar-refractivity contribution in [3.8, 4) is 0 Å². The minimum Gasteiger partial charge on any atom is -0.481 e. The van der Waals surface area contributed by atoms with Crippen LogP contribution in [0.3, 0.4) is 0 Å². The summed E-state index contributed by atoms with van der Waals surface area (Å²) in [5.74, 6) is -1.23. The van der Waals surface area contributed by atoms with E-state index in [1.165, 1.54) is 0 Å². The van der Waals surface area contributed by atoms with Gasteiger partial charge in [0, 0.05) is 18.3 Å². The Labute approximate surface area is 116 Å². The average molecular weight is 275 g/mol. The summed E-state index contributed by atoms with van der Waals surface area (Å²) in [7, 11) is 0. The van der Waals surface area contributed by atoms with E-state index in [2.05, 4.69) is 25.6 Å². The molecule has 0 amide bonds. The highest BCUT2D eigenvalue weighted by Crippen LogP contribution is 2.29. The zero-order valence-corrected chi connectivity index (χ0v) is 11.2. The van der Waals surface area contributed by atoms with Gasteiger partial charge in [-0.2, -0.15) is 5.21 Å². The van der Waals surface area contributed by atoms with E-state index in [1.807, 2.05) is 19.1 Å². The van der Waals surface area contributed by atoms with Gasteiger partial charge in [-0.1, -0.05) is 24.6 Å². The van der Waals surface area contributed by atoms with Crippen LogP contribution in [0.2, 0.25) is 0 Å². The number of H-pyrrole nitrogens is 1. The van der Waals surface area contributed by atoms with Crippen molar-refractivity contribution in [1.82, 2.24) is 25.6 Å². The molecule has 0 unspecified atom stereocenters. The molecule has 0 aliphatic heterocycles. The number of hydrogen-bond donors (Lipinski definition) is 2. The summed E-state index contributed by atoms with van der Waals surface area (Å²) in [6.07, 6.45) is 5.32. The summed E-state index contributed by atoms with van der Waals surface area (Å²) in [6.45, 7) is 1.97. The van der Waals surface area contributed by atoms with Crippen LogP contribution in [0.1, 0.15) is 37.1 Å². The summed E-state index contributed by atoms with van der Waals surface area (Å²) in [4.78, 5) is 15.6. The Morgan fingerprint density at radius 2 is 2.35 bits per heavy atom. The summed E-state index contributed by atoms with van der Waals surface area (Å²) < 4.78 is 0. The van der Waals surface area contributed by atoms with Crippen molar-refractivity contribution in [2.45, 2.75) is 32.1 Å². The van der Waals surface area contributed by atoms with Gasteiger partial charge in [-0.05, 0) is 24.5 Å². The minimum absolute atomic E-state index is 0.310. The molecular weight excluding hydrogens is 258 g/mol. The van der Waals surface area contributed by atoms with E-state index in [9.17, 15) is 9.90 Å². The first-order valence-corrected chi connectivity index (χ1v) is 6.57. The Morgan fingerprint density at radius 3 is 2.90 bits per heavy atom. The molecule has 0 bridgehead atoms. The van der Waals surface area contributed by atoms with Gasteiger partial charge in [0.05, 0.1) is 5.92 Å². The van der Waals surface area contributed by atoms with Crippen LogP contribution in [-0.4, -0.2) is 36.7 Å². The molecule has 0 aromatic carbocycles. The molecule has 20 heavy (non-hydrogen) atoms. The van der Waals surface area contributed by atoms with Crippen molar-refractivity contribution in [3.63, 3.8) is 0 Å². The van der Waals surface area contributed by atoms with Crippen LogP contribution in [0.15, 0.2) is 24.5 Å².